The molecule has 0 aliphatic rings. The van der Waals surface area contributed by atoms with Gasteiger partial charge in [-0.2, -0.15) is 14.0 Å². The number of alkyl halides is 4. The van der Waals surface area contributed by atoms with Gasteiger partial charge >= 0.3 is 18.4 Å². The molecule has 0 spiro atoms. The van der Waals surface area contributed by atoms with Crippen LogP contribution in [0.4, 0.5) is 22.4 Å². The number of hydrogen-bond acceptors (Lipinski definition) is 4. The lowest BCUT2D eigenvalue weighted by molar-refractivity contribution is -0.153. The van der Waals surface area contributed by atoms with Crippen LogP contribution >= 0.6 is 0 Å². The Morgan fingerprint density at radius 1 is 1.36 bits per heavy atom. The summed E-state index contributed by atoms with van der Waals surface area (Å²) in [7, 11) is 0. The second-order valence-electron chi connectivity index (χ2n) is 4.19. The molecule has 1 aromatic rings. The standard InChI is InChI=1S/C13H12F4N2O3/c14-11(15)13(16,17)7-22-12(20)19-5-9-2-1-3-10(4-9)6-21-8-18/h1-4,11H,5-7H2,(H,19,20). The molecular weight excluding hydrogens is 308 g/mol. The van der Waals surface area contributed by atoms with Crippen molar-refractivity contribution in [1.82, 2.24) is 5.32 Å². The zero-order valence-electron chi connectivity index (χ0n) is 11.2. The maximum absolute atomic E-state index is 12.5. The molecule has 120 valence electrons. The van der Waals surface area contributed by atoms with Crippen LogP contribution in [0.3, 0.4) is 0 Å². The number of hydrogen-bond donors (Lipinski definition) is 1. The molecule has 0 aliphatic carbocycles. The van der Waals surface area contributed by atoms with Gasteiger partial charge in [-0.15, -0.1) is 0 Å². The van der Waals surface area contributed by atoms with E-state index in [1.165, 1.54) is 6.26 Å². The summed E-state index contributed by atoms with van der Waals surface area (Å²) in [5.74, 6) is -4.38. The molecule has 0 unspecified atom stereocenters. The van der Waals surface area contributed by atoms with E-state index in [0.717, 1.165) is 0 Å². The van der Waals surface area contributed by atoms with Gasteiger partial charge in [-0.05, 0) is 11.1 Å². The smallest absolute Gasteiger partial charge is 0.407 e. The third kappa shape index (κ3) is 5.87. The molecule has 0 heterocycles. The number of ether oxygens (including phenoxy) is 2. The highest BCUT2D eigenvalue weighted by atomic mass is 19.3. The maximum Gasteiger partial charge on any atom is 0.407 e. The van der Waals surface area contributed by atoms with E-state index < -0.39 is 25.0 Å². The maximum atomic E-state index is 12.5. The third-order valence-corrected chi connectivity index (χ3v) is 2.45. The van der Waals surface area contributed by atoms with Crippen LogP contribution in [-0.4, -0.2) is 25.0 Å². The zero-order valence-corrected chi connectivity index (χ0v) is 11.2. The molecule has 0 saturated carbocycles. The minimum absolute atomic E-state index is 0.0510. The first-order valence-electron chi connectivity index (χ1n) is 6.00. The molecular formula is C13H12F4N2O3. The molecule has 0 aromatic heterocycles. The fourth-order valence-electron chi connectivity index (χ4n) is 1.40. The monoisotopic (exact) mass is 320 g/mol. The summed E-state index contributed by atoms with van der Waals surface area (Å²) in [6.45, 7) is -1.71. The minimum Gasteiger partial charge on any atom is -0.443 e. The highest BCUT2D eigenvalue weighted by molar-refractivity contribution is 5.67. The van der Waals surface area contributed by atoms with E-state index in [4.69, 9.17) is 5.26 Å². The van der Waals surface area contributed by atoms with Gasteiger partial charge in [0.2, 0.25) is 0 Å². The first kappa shape index (κ1) is 17.6. The number of halogens is 4. The predicted octanol–water partition coefficient (Wildman–Crippen LogP) is 2.81. The number of nitrogens with one attached hydrogen (secondary N) is 1. The lowest BCUT2D eigenvalue weighted by Crippen LogP contribution is -2.36. The Morgan fingerprint density at radius 2 is 2.05 bits per heavy atom. The Kier molecular flexibility index (Phi) is 6.44. The fourth-order valence-corrected chi connectivity index (χ4v) is 1.40. The Hall–Kier alpha value is -2.50. The third-order valence-electron chi connectivity index (χ3n) is 2.45. The number of nitrogens with zero attached hydrogens (tertiary/aromatic N) is 1. The first-order chi connectivity index (χ1) is 10.3. The van der Waals surface area contributed by atoms with Crippen molar-refractivity contribution < 1.29 is 31.8 Å². The number of nitriles is 1. The molecule has 0 radical (unpaired) electrons. The number of amides is 1. The SMILES string of the molecule is N#COCc1cccc(CNC(=O)OCC(F)(F)C(F)F)c1. The van der Waals surface area contributed by atoms with Crippen molar-refractivity contribution >= 4 is 6.09 Å². The summed E-state index contributed by atoms with van der Waals surface area (Å²) in [6.07, 6.45) is -3.64. The molecule has 22 heavy (non-hydrogen) atoms. The highest BCUT2D eigenvalue weighted by Gasteiger charge is 2.42. The quantitative estimate of drug-likeness (QED) is 0.619. The summed E-state index contributed by atoms with van der Waals surface area (Å²) in [4.78, 5) is 11.2. The molecule has 0 aliphatic heterocycles. The van der Waals surface area contributed by atoms with Crippen LogP contribution in [0.1, 0.15) is 11.1 Å². The molecule has 9 heteroatoms. The number of carbonyl (C=O) groups is 1. The van der Waals surface area contributed by atoms with Gasteiger partial charge in [-0.3, -0.25) is 0 Å². The molecule has 1 N–H and O–H groups in total. The van der Waals surface area contributed by atoms with Crippen LogP contribution in [0.5, 0.6) is 0 Å². The van der Waals surface area contributed by atoms with Crippen molar-refractivity contribution in [2.75, 3.05) is 6.61 Å². The van der Waals surface area contributed by atoms with Crippen LogP contribution in [0.2, 0.25) is 0 Å². The van der Waals surface area contributed by atoms with E-state index in [1.54, 1.807) is 24.3 Å². The van der Waals surface area contributed by atoms with E-state index in [2.05, 4.69) is 14.8 Å². The van der Waals surface area contributed by atoms with Crippen molar-refractivity contribution in [3.63, 3.8) is 0 Å². The number of benzene rings is 1. The van der Waals surface area contributed by atoms with Crippen molar-refractivity contribution in [1.29, 1.82) is 5.26 Å². The average Bonchev–Trinajstić information content (AvgIpc) is 2.49. The van der Waals surface area contributed by atoms with Gasteiger partial charge in [0.15, 0.2) is 6.61 Å². The van der Waals surface area contributed by atoms with E-state index in [-0.39, 0.29) is 13.2 Å². The summed E-state index contributed by atoms with van der Waals surface area (Å²) < 4.78 is 57.4. The van der Waals surface area contributed by atoms with Gasteiger partial charge in [0.1, 0.15) is 6.61 Å². The molecule has 1 amide bonds. The van der Waals surface area contributed by atoms with Crippen LogP contribution in [0.25, 0.3) is 0 Å². The first-order valence-corrected chi connectivity index (χ1v) is 6.00. The molecule has 1 aromatic carbocycles. The lowest BCUT2D eigenvalue weighted by atomic mass is 10.1. The molecule has 1 rings (SSSR count). The Balaban J connectivity index is 2.43. The van der Waals surface area contributed by atoms with Crippen molar-refractivity contribution in [3.05, 3.63) is 35.4 Å². The van der Waals surface area contributed by atoms with E-state index in [0.29, 0.717) is 11.1 Å². The number of rotatable bonds is 7. The average molecular weight is 320 g/mol. The van der Waals surface area contributed by atoms with Gasteiger partial charge in [-0.25, -0.2) is 13.6 Å². The number of carbonyl (C=O) groups excluding carboxylic acids is 1. The summed E-state index contributed by atoms with van der Waals surface area (Å²) in [5, 5.41) is 10.4. The second kappa shape index (κ2) is 8.07. The highest BCUT2D eigenvalue weighted by Crippen LogP contribution is 2.22. The predicted molar refractivity (Wildman–Crippen MR) is 66.0 cm³/mol. The van der Waals surface area contributed by atoms with E-state index >= 15 is 0 Å². The van der Waals surface area contributed by atoms with Gasteiger partial charge < -0.3 is 14.8 Å². The molecule has 0 atom stereocenters. The van der Waals surface area contributed by atoms with Crippen molar-refractivity contribution in [3.8, 4) is 6.26 Å². The Bertz CT molecular complexity index is 546. The Morgan fingerprint density at radius 3 is 2.68 bits per heavy atom. The summed E-state index contributed by atoms with van der Waals surface area (Å²) in [5.41, 5.74) is 1.26. The summed E-state index contributed by atoms with van der Waals surface area (Å²) in [6, 6.07) is 6.57. The lowest BCUT2D eigenvalue weighted by Gasteiger charge is -2.15. The minimum atomic E-state index is -4.38. The van der Waals surface area contributed by atoms with Crippen LogP contribution in [0, 0.1) is 11.5 Å². The molecule has 0 saturated heterocycles. The Labute approximate surface area is 123 Å². The van der Waals surface area contributed by atoms with E-state index in [9.17, 15) is 22.4 Å². The second-order valence-corrected chi connectivity index (χ2v) is 4.19. The van der Waals surface area contributed by atoms with E-state index in [1.807, 2.05) is 0 Å². The van der Waals surface area contributed by atoms with Crippen LogP contribution in [-0.2, 0) is 22.6 Å². The summed E-state index contributed by atoms with van der Waals surface area (Å²) >= 11 is 0. The van der Waals surface area contributed by atoms with Gasteiger partial charge in [0.25, 0.3) is 6.26 Å². The molecule has 5 nitrogen and oxygen atoms in total. The number of alkyl carbamates (subject to hydrolysis) is 1. The topological polar surface area (TPSA) is 71.3 Å². The normalized spacial score (nSPS) is 10.9. The van der Waals surface area contributed by atoms with Crippen LogP contribution < -0.4 is 5.32 Å². The van der Waals surface area contributed by atoms with Gasteiger partial charge in [-0.1, -0.05) is 24.3 Å². The van der Waals surface area contributed by atoms with Crippen molar-refractivity contribution in [2.45, 2.75) is 25.5 Å². The van der Waals surface area contributed by atoms with Gasteiger partial charge in [0.05, 0.1) is 0 Å². The molecule has 0 bridgehead atoms. The molecule has 0 fully saturated rings. The zero-order chi connectivity index (χ0) is 16.6. The fraction of sp³-hybridized carbons (Fsp3) is 0.385. The van der Waals surface area contributed by atoms with Crippen molar-refractivity contribution in [2.24, 2.45) is 0 Å². The van der Waals surface area contributed by atoms with Gasteiger partial charge in [0, 0.05) is 6.54 Å². The largest absolute Gasteiger partial charge is 0.443 e. The van der Waals surface area contributed by atoms with Crippen LogP contribution in [0.15, 0.2) is 24.3 Å².